The minimum Gasteiger partial charge on any atom is -0.271 e. The molecule has 0 saturated heterocycles. The van der Waals surface area contributed by atoms with Gasteiger partial charge in [0.25, 0.3) is 5.69 Å². The van der Waals surface area contributed by atoms with E-state index in [-0.39, 0.29) is 17.1 Å². The molecule has 2 rings (SSSR count). The number of rotatable bonds is 4. The van der Waals surface area contributed by atoms with Crippen molar-refractivity contribution in [2.24, 2.45) is 5.10 Å². The first-order valence-corrected chi connectivity index (χ1v) is 6.00. The molecule has 0 aliphatic heterocycles. The van der Waals surface area contributed by atoms with Gasteiger partial charge < -0.3 is 0 Å². The number of nitrogens with zero attached hydrogens (tertiary/aromatic N) is 3. The number of nitro benzene ring substituents is 2. The van der Waals surface area contributed by atoms with Crippen LogP contribution in [-0.4, -0.2) is 15.6 Å². The maximum absolute atomic E-state index is 10.9. The topological polar surface area (TPSA) is 111 Å². The summed E-state index contributed by atoms with van der Waals surface area (Å²) < 4.78 is 0. The third kappa shape index (κ3) is 3.16. The van der Waals surface area contributed by atoms with E-state index in [1.165, 1.54) is 12.1 Å². The molecule has 0 unspecified atom stereocenters. The van der Waals surface area contributed by atoms with Gasteiger partial charge in [0.1, 0.15) is 5.69 Å². The summed E-state index contributed by atoms with van der Waals surface area (Å²) in [4.78, 5) is 20.2. The molecule has 0 spiro atoms. The lowest BCUT2D eigenvalue weighted by molar-refractivity contribution is -0.393. The highest BCUT2D eigenvalue weighted by atomic mass is 16.6. The quantitative estimate of drug-likeness (QED) is 0.671. The molecule has 0 atom stereocenters. The van der Waals surface area contributed by atoms with Crippen LogP contribution < -0.4 is 5.43 Å². The van der Waals surface area contributed by atoms with E-state index in [0.717, 1.165) is 31.0 Å². The van der Waals surface area contributed by atoms with Crippen LogP contribution in [0.3, 0.4) is 0 Å². The van der Waals surface area contributed by atoms with E-state index >= 15 is 0 Å². The van der Waals surface area contributed by atoms with Gasteiger partial charge in [0.05, 0.1) is 21.6 Å². The highest BCUT2D eigenvalue weighted by molar-refractivity contribution is 5.96. The predicted molar refractivity (Wildman–Crippen MR) is 73.8 cm³/mol. The van der Waals surface area contributed by atoms with Crippen LogP contribution in [0.5, 0.6) is 0 Å². The highest BCUT2D eigenvalue weighted by Crippen LogP contribution is 2.29. The molecule has 0 aromatic heterocycles. The molecule has 1 aromatic rings. The lowest BCUT2D eigenvalue weighted by Gasteiger charge is -2.07. The van der Waals surface area contributed by atoms with Gasteiger partial charge in [-0.3, -0.25) is 25.7 Å². The Labute approximate surface area is 114 Å². The van der Waals surface area contributed by atoms with Crippen molar-refractivity contribution in [1.29, 1.82) is 0 Å². The van der Waals surface area contributed by atoms with E-state index in [4.69, 9.17) is 0 Å². The number of anilines is 1. The first-order chi connectivity index (χ1) is 9.58. The fraction of sp³-hybridized carbons (Fsp3) is 0.250. The predicted octanol–water partition coefficient (Wildman–Crippen LogP) is 3.01. The fourth-order valence-corrected chi connectivity index (χ4v) is 1.81. The van der Waals surface area contributed by atoms with E-state index in [1.807, 2.05) is 12.2 Å². The van der Waals surface area contributed by atoms with Crippen LogP contribution in [0.15, 0.2) is 35.5 Å². The molecule has 0 heterocycles. The molecule has 1 aliphatic carbocycles. The van der Waals surface area contributed by atoms with Crippen molar-refractivity contribution in [3.8, 4) is 0 Å². The van der Waals surface area contributed by atoms with Crippen LogP contribution in [0.25, 0.3) is 0 Å². The zero-order valence-electron chi connectivity index (χ0n) is 10.5. The van der Waals surface area contributed by atoms with Crippen molar-refractivity contribution in [3.63, 3.8) is 0 Å². The molecular formula is C12H12N4O4. The van der Waals surface area contributed by atoms with Crippen molar-refractivity contribution < 1.29 is 9.85 Å². The number of non-ortho nitro benzene ring substituents is 1. The summed E-state index contributed by atoms with van der Waals surface area (Å²) in [6, 6.07) is 3.40. The molecule has 0 saturated carbocycles. The maximum Gasteiger partial charge on any atom is 0.301 e. The molecule has 8 nitrogen and oxygen atoms in total. The number of hydrogen-bond donors (Lipinski definition) is 1. The van der Waals surface area contributed by atoms with E-state index < -0.39 is 9.85 Å². The molecule has 0 amide bonds. The van der Waals surface area contributed by atoms with Crippen LogP contribution in [0.2, 0.25) is 0 Å². The van der Waals surface area contributed by atoms with E-state index in [9.17, 15) is 20.2 Å². The van der Waals surface area contributed by atoms with Crippen LogP contribution in [0.1, 0.15) is 19.3 Å². The van der Waals surface area contributed by atoms with Crippen LogP contribution >= 0.6 is 0 Å². The van der Waals surface area contributed by atoms with E-state index in [0.29, 0.717) is 0 Å². The highest BCUT2D eigenvalue weighted by Gasteiger charge is 2.19. The Bertz CT molecular complexity index is 609. The molecule has 20 heavy (non-hydrogen) atoms. The van der Waals surface area contributed by atoms with Crippen LogP contribution in [0.4, 0.5) is 17.1 Å². The van der Waals surface area contributed by atoms with Gasteiger partial charge in [0, 0.05) is 6.07 Å². The zero-order chi connectivity index (χ0) is 14.5. The number of nitrogens with one attached hydrogen (secondary N) is 1. The Morgan fingerprint density at radius 1 is 1.20 bits per heavy atom. The van der Waals surface area contributed by atoms with Crippen molar-refractivity contribution >= 4 is 22.8 Å². The van der Waals surface area contributed by atoms with Crippen molar-refractivity contribution in [2.75, 3.05) is 5.43 Å². The molecule has 1 N–H and O–H groups in total. The number of hydrazone groups is 1. The van der Waals surface area contributed by atoms with Gasteiger partial charge in [-0.25, -0.2) is 0 Å². The fourth-order valence-electron chi connectivity index (χ4n) is 1.81. The summed E-state index contributed by atoms with van der Waals surface area (Å²) in [5.41, 5.74) is 2.83. The van der Waals surface area contributed by atoms with Gasteiger partial charge in [-0.15, -0.1) is 0 Å². The second kappa shape index (κ2) is 5.91. The summed E-state index contributed by atoms with van der Waals surface area (Å²) >= 11 is 0. The summed E-state index contributed by atoms with van der Waals surface area (Å²) in [6.07, 6.45) is 6.61. The minimum atomic E-state index is -0.674. The van der Waals surface area contributed by atoms with Gasteiger partial charge in [-0.1, -0.05) is 6.08 Å². The second-order valence-electron chi connectivity index (χ2n) is 4.23. The molecule has 0 fully saturated rings. The van der Waals surface area contributed by atoms with Gasteiger partial charge in [0.15, 0.2) is 0 Å². The Morgan fingerprint density at radius 3 is 2.60 bits per heavy atom. The summed E-state index contributed by atoms with van der Waals surface area (Å²) in [7, 11) is 0. The number of benzene rings is 1. The SMILES string of the molecule is O=[N+]([O-])c1ccc(N/N=C2\C=CCCC2)c([N+](=O)[O-])c1. The molecule has 1 aliphatic rings. The zero-order valence-corrected chi connectivity index (χ0v) is 10.5. The van der Waals surface area contributed by atoms with Crippen molar-refractivity contribution in [1.82, 2.24) is 0 Å². The average molecular weight is 276 g/mol. The van der Waals surface area contributed by atoms with Gasteiger partial charge in [0.2, 0.25) is 0 Å². The van der Waals surface area contributed by atoms with Crippen molar-refractivity contribution in [3.05, 3.63) is 50.6 Å². The first kappa shape index (κ1) is 13.7. The smallest absolute Gasteiger partial charge is 0.271 e. The number of hydrogen-bond acceptors (Lipinski definition) is 6. The van der Waals surface area contributed by atoms with Crippen molar-refractivity contribution in [2.45, 2.75) is 19.3 Å². The monoisotopic (exact) mass is 276 g/mol. The summed E-state index contributed by atoms with van der Waals surface area (Å²) in [5, 5.41) is 25.6. The summed E-state index contributed by atoms with van der Waals surface area (Å²) in [6.45, 7) is 0. The standard InChI is InChI=1S/C12H12N4O4/c17-15(18)10-6-7-11(12(8-10)16(19)20)14-13-9-4-2-1-3-5-9/h2,4,6-8,14H,1,3,5H2/b13-9+. The minimum absolute atomic E-state index is 0.132. The number of nitro groups is 2. The van der Waals surface area contributed by atoms with E-state index in [2.05, 4.69) is 10.5 Å². The van der Waals surface area contributed by atoms with E-state index in [1.54, 1.807) is 0 Å². The normalized spacial score (nSPS) is 16.1. The Hall–Kier alpha value is -2.77. The lowest BCUT2D eigenvalue weighted by atomic mass is 10.1. The third-order valence-electron chi connectivity index (χ3n) is 2.82. The van der Waals surface area contributed by atoms with Crippen LogP contribution in [0, 0.1) is 20.2 Å². The largest absolute Gasteiger partial charge is 0.301 e. The van der Waals surface area contributed by atoms with Gasteiger partial charge in [-0.05, 0) is 31.4 Å². The molecule has 8 heteroatoms. The lowest BCUT2D eigenvalue weighted by Crippen LogP contribution is -2.04. The number of allylic oxidation sites excluding steroid dienone is 2. The molecular weight excluding hydrogens is 264 g/mol. The Balaban J connectivity index is 2.26. The maximum atomic E-state index is 10.9. The summed E-state index contributed by atoms with van der Waals surface area (Å²) in [5.74, 6) is 0. The molecule has 0 radical (unpaired) electrons. The average Bonchev–Trinajstić information content (AvgIpc) is 2.45. The molecule has 104 valence electrons. The Kier molecular flexibility index (Phi) is 4.04. The van der Waals surface area contributed by atoms with Gasteiger partial charge in [-0.2, -0.15) is 5.10 Å². The third-order valence-corrected chi connectivity index (χ3v) is 2.82. The molecule has 1 aromatic carbocycles. The molecule has 0 bridgehead atoms. The first-order valence-electron chi connectivity index (χ1n) is 6.00. The van der Waals surface area contributed by atoms with Gasteiger partial charge >= 0.3 is 5.69 Å². The Morgan fingerprint density at radius 2 is 2.00 bits per heavy atom. The second-order valence-corrected chi connectivity index (χ2v) is 4.23. The van der Waals surface area contributed by atoms with Crippen LogP contribution in [-0.2, 0) is 0 Å².